The number of hydrogen-bond acceptors (Lipinski definition) is 4. The van der Waals surface area contributed by atoms with E-state index in [1.165, 1.54) is 0 Å². The van der Waals surface area contributed by atoms with Gasteiger partial charge in [-0.25, -0.2) is 4.79 Å². The molecule has 124 valence electrons. The third-order valence-corrected chi connectivity index (χ3v) is 2.55. The van der Waals surface area contributed by atoms with Crippen LogP contribution in [-0.2, 0) is 16.1 Å². The second-order valence-corrected chi connectivity index (χ2v) is 4.69. The van der Waals surface area contributed by atoms with Gasteiger partial charge in [0.1, 0.15) is 6.61 Å². The molecule has 0 aliphatic heterocycles. The van der Waals surface area contributed by atoms with Crippen LogP contribution in [0.1, 0.15) is 31.2 Å². The SMILES string of the molecule is CNC.O=C(O)CCCCCNC(=O)OCc1ccccc1. The molecule has 0 unspecified atom stereocenters. The summed E-state index contributed by atoms with van der Waals surface area (Å²) < 4.78 is 5.03. The highest BCUT2D eigenvalue weighted by atomic mass is 16.5. The van der Waals surface area contributed by atoms with Gasteiger partial charge in [-0.3, -0.25) is 4.79 Å². The summed E-state index contributed by atoms with van der Waals surface area (Å²) in [5, 5.41) is 13.8. The number of unbranched alkanes of at least 4 members (excludes halogenated alkanes) is 2. The molecule has 22 heavy (non-hydrogen) atoms. The van der Waals surface area contributed by atoms with E-state index in [4.69, 9.17) is 9.84 Å². The number of benzene rings is 1. The van der Waals surface area contributed by atoms with Crippen molar-refractivity contribution in [3.8, 4) is 0 Å². The number of nitrogens with one attached hydrogen (secondary N) is 2. The Labute approximate surface area is 131 Å². The fourth-order valence-electron chi connectivity index (χ4n) is 1.54. The minimum Gasteiger partial charge on any atom is -0.481 e. The van der Waals surface area contributed by atoms with Crippen molar-refractivity contribution in [2.75, 3.05) is 20.6 Å². The minimum absolute atomic E-state index is 0.179. The van der Waals surface area contributed by atoms with Crippen LogP contribution in [-0.4, -0.2) is 37.8 Å². The largest absolute Gasteiger partial charge is 0.481 e. The number of carboxylic acid groups (broad SMARTS) is 1. The van der Waals surface area contributed by atoms with E-state index in [1.54, 1.807) is 0 Å². The van der Waals surface area contributed by atoms with E-state index in [1.807, 2.05) is 44.4 Å². The van der Waals surface area contributed by atoms with E-state index < -0.39 is 12.1 Å². The molecule has 0 aliphatic carbocycles. The highest BCUT2D eigenvalue weighted by Gasteiger charge is 2.02. The molecule has 0 spiro atoms. The molecule has 0 aliphatic rings. The van der Waals surface area contributed by atoms with Crippen molar-refractivity contribution >= 4 is 12.1 Å². The molecule has 1 amide bonds. The van der Waals surface area contributed by atoms with Crippen LogP contribution in [0.25, 0.3) is 0 Å². The second kappa shape index (κ2) is 13.9. The Morgan fingerprint density at radius 2 is 1.73 bits per heavy atom. The Morgan fingerprint density at radius 1 is 1.09 bits per heavy atom. The maximum Gasteiger partial charge on any atom is 0.407 e. The van der Waals surface area contributed by atoms with Gasteiger partial charge in [0.2, 0.25) is 0 Å². The molecule has 0 bridgehead atoms. The van der Waals surface area contributed by atoms with E-state index in [0.717, 1.165) is 18.4 Å². The maximum absolute atomic E-state index is 11.3. The predicted molar refractivity (Wildman–Crippen MR) is 85.7 cm³/mol. The smallest absolute Gasteiger partial charge is 0.407 e. The number of alkyl carbamates (subject to hydrolysis) is 1. The molecule has 0 saturated heterocycles. The molecule has 0 saturated carbocycles. The molecule has 0 radical (unpaired) electrons. The first-order chi connectivity index (χ1) is 10.6. The zero-order valence-corrected chi connectivity index (χ0v) is 13.3. The van der Waals surface area contributed by atoms with Crippen LogP contribution in [0.5, 0.6) is 0 Å². The number of hydrogen-bond donors (Lipinski definition) is 3. The number of amides is 1. The molecule has 1 aromatic carbocycles. The summed E-state index contributed by atoms with van der Waals surface area (Å²) in [5.74, 6) is -0.782. The van der Waals surface area contributed by atoms with Crippen molar-refractivity contribution in [1.29, 1.82) is 0 Å². The highest BCUT2D eigenvalue weighted by Crippen LogP contribution is 2.01. The van der Waals surface area contributed by atoms with Gasteiger partial charge in [-0.2, -0.15) is 0 Å². The standard InChI is InChI=1S/C14H19NO4.C2H7N/c16-13(17)9-5-2-6-10-15-14(18)19-11-12-7-3-1-4-8-12;1-3-2/h1,3-4,7-8H,2,5-6,9-11H2,(H,15,18)(H,16,17);3H,1-2H3. The molecule has 3 N–H and O–H groups in total. The van der Waals surface area contributed by atoms with E-state index >= 15 is 0 Å². The minimum atomic E-state index is -0.782. The van der Waals surface area contributed by atoms with Crippen LogP contribution in [0.4, 0.5) is 4.79 Å². The Hall–Kier alpha value is -2.08. The zero-order valence-electron chi connectivity index (χ0n) is 13.3. The summed E-state index contributed by atoms with van der Waals surface area (Å²) in [4.78, 5) is 21.6. The topological polar surface area (TPSA) is 87.7 Å². The Bertz CT molecular complexity index is 410. The van der Waals surface area contributed by atoms with Gasteiger partial charge in [-0.15, -0.1) is 0 Å². The molecule has 6 nitrogen and oxygen atoms in total. The first-order valence-corrected chi connectivity index (χ1v) is 7.35. The first-order valence-electron chi connectivity index (χ1n) is 7.35. The van der Waals surface area contributed by atoms with Gasteiger partial charge in [-0.1, -0.05) is 36.8 Å². The van der Waals surface area contributed by atoms with E-state index in [0.29, 0.717) is 13.0 Å². The van der Waals surface area contributed by atoms with Gasteiger partial charge >= 0.3 is 12.1 Å². The molecule has 1 rings (SSSR count). The maximum atomic E-state index is 11.3. The first kappa shape index (κ1) is 19.9. The van der Waals surface area contributed by atoms with Gasteiger partial charge in [0.05, 0.1) is 0 Å². The van der Waals surface area contributed by atoms with Crippen LogP contribution in [0, 0.1) is 0 Å². The molecule has 0 atom stereocenters. The van der Waals surface area contributed by atoms with Crippen LogP contribution in [0.3, 0.4) is 0 Å². The molecule has 1 aromatic rings. The summed E-state index contributed by atoms with van der Waals surface area (Å²) >= 11 is 0. The summed E-state index contributed by atoms with van der Waals surface area (Å²) in [6, 6.07) is 9.46. The van der Waals surface area contributed by atoms with Crippen LogP contribution < -0.4 is 10.6 Å². The number of rotatable bonds is 8. The lowest BCUT2D eigenvalue weighted by Crippen LogP contribution is -2.25. The average Bonchev–Trinajstić information content (AvgIpc) is 2.50. The lowest BCUT2D eigenvalue weighted by atomic mass is 10.2. The summed E-state index contributed by atoms with van der Waals surface area (Å²) in [6.45, 7) is 0.763. The van der Waals surface area contributed by atoms with Gasteiger partial charge in [-0.05, 0) is 32.5 Å². The number of aliphatic carboxylic acids is 1. The summed E-state index contributed by atoms with van der Waals surface area (Å²) in [6.07, 6.45) is 1.91. The van der Waals surface area contributed by atoms with Crippen molar-refractivity contribution in [2.24, 2.45) is 0 Å². The van der Waals surface area contributed by atoms with E-state index in [9.17, 15) is 9.59 Å². The molecule has 0 fully saturated rings. The highest BCUT2D eigenvalue weighted by molar-refractivity contribution is 5.67. The average molecular weight is 310 g/mol. The predicted octanol–water partition coefficient (Wildman–Crippen LogP) is 2.39. The number of ether oxygens (including phenoxy) is 1. The van der Waals surface area contributed by atoms with Gasteiger partial charge < -0.3 is 20.5 Å². The molecule has 0 heterocycles. The van der Waals surface area contributed by atoms with Crippen LogP contribution in [0.2, 0.25) is 0 Å². The molecule has 6 heteroatoms. The Balaban J connectivity index is 0.00000135. The molecular formula is C16H26N2O4. The van der Waals surface area contributed by atoms with Gasteiger partial charge in [0, 0.05) is 13.0 Å². The summed E-state index contributed by atoms with van der Waals surface area (Å²) in [5.41, 5.74) is 0.944. The van der Waals surface area contributed by atoms with E-state index in [2.05, 4.69) is 10.6 Å². The third-order valence-electron chi connectivity index (χ3n) is 2.55. The Morgan fingerprint density at radius 3 is 2.32 bits per heavy atom. The van der Waals surface area contributed by atoms with Crippen molar-refractivity contribution < 1.29 is 19.4 Å². The molecular weight excluding hydrogens is 284 g/mol. The van der Waals surface area contributed by atoms with Crippen molar-refractivity contribution in [3.63, 3.8) is 0 Å². The van der Waals surface area contributed by atoms with Crippen molar-refractivity contribution in [3.05, 3.63) is 35.9 Å². The lowest BCUT2D eigenvalue weighted by molar-refractivity contribution is -0.137. The second-order valence-electron chi connectivity index (χ2n) is 4.69. The fourth-order valence-corrected chi connectivity index (χ4v) is 1.54. The quantitative estimate of drug-likeness (QED) is 0.642. The van der Waals surface area contributed by atoms with Gasteiger partial charge in [0.15, 0.2) is 0 Å². The number of carbonyl (C=O) groups is 2. The van der Waals surface area contributed by atoms with E-state index in [-0.39, 0.29) is 13.0 Å². The summed E-state index contributed by atoms with van der Waals surface area (Å²) in [7, 11) is 3.75. The fraction of sp³-hybridized carbons (Fsp3) is 0.500. The normalized spacial score (nSPS) is 9.36. The van der Waals surface area contributed by atoms with Crippen LogP contribution >= 0.6 is 0 Å². The van der Waals surface area contributed by atoms with Crippen molar-refractivity contribution in [2.45, 2.75) is 32.3 Å². The monoisotopic (exact) mass is 310 g/mol. The lowest BCUT2D eigenvalue weighted by Gasteiger charge is -2.06. The number of carboxylic acids is 1. The van der Waals surface area contributed by atoms with Gasteiger partial charge in [0.25, 0.3) is 0 Å². The van der Waals surface area contributed by atoms with Crippen LogP contribution in [0.15, 0.2) is 30.3 Å². The zero-order chi connectivity index (χ0) is 16.6. The Kier molecular flexibility index (Phi) is 12.6. The third kappa shape index (κ3) is 12.9. The molecule has 0 aromatic heterocycles. The van der Waals surface area contributed by atoms with Crippen molar-refractivity contribution in [1.82, 2.24) is 10.6 Å². The number of carbonyl (C=O) groups excluding carboxylic acids is 1.